The number of ether oxygens (including phenoxy) is 1. The number of hydrogen-bond donors (Lipinski definition) is 0. The van der Waals surface area contributed by atoms with E-state index in [1.165, 1.54) is 0 Å². The van der Waals surface area contributed by atoms with Crippen LogP contribution in [0.4, 0.5) is 0 Å². The van der Waals surface area contributed by atoms with Crippen molar-refractivity contribution < 1.29 is 18.8 Å². The highest BCUT2D eigenvalue weighted by Gasteiger charge is 2.20. The third kappa shape index (κ3) is 2.62. The van der Waals surface area contributed by atoms with Gasteiger partial charge in [0.05, 0.1) is 12.8 Å². The van der Waals surface area contributed by atoms with Gasteiger partial charge in [0.25, 0.3) is 5.91 Å². The molecule has 0 radical (unpaired) electrons. The van der Waals surface area contributed by atoms with E-state index in [4.69, 9.17) is 4.52 Å². The Kier molecular flexibility index (Phi) is 3.61. The minimum atomic E-state index is -0.900. The van der Waals surface area contributed by atoms with E-state index in [0.29, 0.717) is 5.56 Å². The number of nitrogens with zero attached hydrogens (tertiary/aromatic N) is 1. The first-order valence-electron chi connectivity index (χ1n) is 5.63. The zero-order valence-corrected chi connectivity index (χ0v) is 10.2. The Morgan fingerprint density at radius 2 is 1.95 bits per heavy atom. The second kappa shape index (κ2) is 5.34. The molecule has 0 N–H and O–H groups in total. The fraction of sp³-hybridized carbons (Fsp3) is 0.154. The third-order valence-corrected chi connectivity index (χ3v) is 2.36. The number of carbonyl (C=O) groups is 2. The van der Waals surface area contributed by atoms with Gasteiger partial charge in [-0.25, -0.2) is 9.59 Å². The lowest BCUT2D eigenvalue weighted by atomic mass is 10.2. The van der Waals surface area contributed by atoms with Crippen molar-refractivity contribution in [1.82, 2.24) is 4.74 Å². The summed E-state index contributed by atoms with van der Waals surface area (Å²) in [5, 5.41) is 0. The van der Waals surface area contributed by atoms with Gasteiger partial charge in [0.2, 0.25) is 0 Å². The molecule has 0 amide bonds. The third-order valence-electron chi connectivity index (χ3n) is 2.36. The summed E-state index contributed by atoms with van der Waals surface area (Å²) in [5.74, 6) is -1.34. The van der Waals surface area contributed by atoms with Crippen molar-refractivity contribution in [3.8, 4) is 0 Å². The molecule has 6 heteroatoms. The average Bonchev–Trinajstić information content (AvgIpc) is 2.81. The maximum Gasteiger partial charge on any atom is 0.372 e. The monoisotopic (exact) mass is 261 g/mol. The Hall–Kier alpha value is -2.63. The number of hydrogen-bond acceptors (Lipinski definition) is 5. The molecule has 1 aromatic heterocycles. The molecular formula is C13H11NO5. The number of benzene rings is 1. The van der Waals surface area contributed by atoms with Crippen LogP contribution >= 0.6 is 0 Å². The summed E-state index contributed by atoms with van der Waals surface area (Å²) in [7, 11) is 0. The number of rotatable bonds is 3. The van der Waals surface area contributed by atoms with Gasteiger partial charge in [0, 0.05) is 5.56 Å². The van der Waals surface area contributed by atoms with Gasteiger partial charge in [0.1, 0.15) is 0 Å². The molecule has 0 unspecified atom stereocenters. The largest absolute Gasteiger partial charge is 0.462 e. The van der Waals surface area contributed by atoms with Gasteiger partial charge in [-0.2, -0.15) is 0 Å². The maximum atomic E-state index is 12.0. The van der Waals surface area contributed by atoms with E-state index in [9.17, 15) is 14.4 Å². The van der Waals surface area contributed by atoms with E-state index in [2.05, 4.69) is 4.74 Å². The summed E-state index contributed by atoms with van der Waals surface area (Å²) in [6.07, 6.45) is 1.04. The first-order valence-corrected chi connectivity index (χ1v) is 5.63. The van der Waals surface area contributed by atoms with Crippen LogP contribution in [0.15, 0.2) is 45.8 Å². The lowest BCUT2D eigenvalue weighted by Gasteiger charge is -1.98. The molecule has 98 valence electrons. The topological polar surface area (TPSA) is 78.5 Å². The van der Waals surface area contributed by atoms with E-state index in [1.807, 2.05) is 0 Å². The van der Waals surface area contributed by atoms with Crippen LogP contribution in [-0.2, 0) is 4.74 Å². The lowest BCUT2D eigenvalue weighted by Crippen LogP contribution is -2.12. The van der Waals surface area contributed by atoms with Crippen molar-refractivity contribution >= 4 is 11.9 Å². The highest BCUT2D eigenvalue weighted by atomic mass is 16.5. The predicted molar refractivity (Wildman–Crippen MR) is 65.1 cm³/mol. The molecule has 19 heavy (non-hydrogen) atoms. The van der Waals surface area contributed by atoms with Gasteiger partial charge < -0.3 is 9.26 Å². The Bertz CT molecular complexity index is 653. The second-order valence-corrected chi connectivity index (χ2v) is 3.64. The highest BCUT2D eigenvalue weighted by Crippen LogP contribution is 2.04. The molecule has 2 aromatic rings. The van der Waals surface area contributed by atoms with Crippen LogP contribution in [0.5, 0.6) is 0 Å². The number of aromatic nitrogens is 1. The van der Waals surface area contributed by atoms with Gasteiger partial charge >= 0.3 is 11.6 Å². The van der Waals surface area contributed by atoms with Crippen LogP contribution in [-0.4, -0.2) is 23.2 Å². The molecule has 0 aliphatic carbocycles. The van der Waals surface area contributed by atoms with Gasteiger partial charge in [-0.05, 0) is 19.1 Å². The quantitative estimate of drug-likeness (QED) is 0.778. The van der Waals surface area contributed by atoms with Crippen LogP contribution < -0.4 is 5.63 Å². The second-order valence-electron chi connectivity index (χ2n) is 3.64. The fourth-order valence-corrected chi connectivity index (χ4v) is 1.49. The van der Waals surface area contributed by atoms with Crippen LogP contribution in [0, 0.1) is 0 Å². The summed E-state index contributed by atoms with van der Waals surface area (Å²) < 4.78 is 10.1. The maximum absolute atomic E-state index is 12.0. The molecule has 2 rings (SSSR count). The first kappa shape index (κ1) is 12.8. The predicted octanol–water partition coefficient (Wildman–Crippen LogP) is 1.31. The molecule has 0 atom stereocenters. The highest BCUT2D eigenvalue weighted by molar-refractivity contribution is 5.96. The van der Waals surface area contributed by atoms with E-state index >= 15 is 0 Å². The molecule has 0 saturated carbocycles. The Morgan fingerprint density at radius 3 is 2.58 bits per heavy atom. The molecule has 6 nitrogen and oxygen atoms in total. The molecule has 1 aromatic carbocycles. The van der Waals surface area contributed by atoms with Crippen molar-refractivity contribution in [2.75, 3.05) is 6.61 Å². The Balaban J connectivity index is 2.33. The summed E-state index contributed by atoms with van der Waals surface area (Å²) >= 11 is 0. The summed E-state index contributed by atoms with van der Waals surface area (Å²) in [6.45, 7) is 1.75. The van der Waals surface area contributed by atoms with Crippen molar-refractivity contribution in [1.29, 1.82) is 0 Å². The SMILES string of the molecule is CCOC(=O)c1cn(C(=O)c2ccccc2)oc1=O. The average molecular weight is 261 g/mol. The van der Waals surface area contributed by atoms with Crippen LogP contribution in [0.25, 0.3) is 0 Å². The molecule has 0 saturated heterocycles. The fourth-order valence-electron chi connectivity index (χ4n) is 1.49. The van der Waals surface area contributed by atoms with Crippen molar-refractivity contribution in [2.45, 2.75) is 6.92 Å². The van der Waals surface area contributed by atoms with Crippen molar-refractivity contribution in [3.05, 3.63) is 58.1 Å². The molecule has 0 aliphatic rings. The van der Waals surface area contributed by atoms with Gasteiger partial charge in [-0.15, -0.1) is 4.74 Å². The van der Waals surface area contributed by atoms with Crippen molar-refractivity contribution in [2.24, 2.45) is 0 Å². The van der Waals surface area contributed by atoms with Crippen LogP contribution in [0.3, 0.4) is 0 Å². The molecule has 1 heterocycles. The molecule has 0 aliphatic heterocycles. The summed E-state index contributed by atoms with van der Waals surface area (Å²) in [4.78, 5) is 34.9. The van der Waals surface area contributed by atoms with Crippen LogP contribution in [0.2, 0.25) is 0 Å². The number of esters is 1. The van der Waals surface area contributed by atoms with Gasteiger partial charge in [-0.1, -0.05) is 18.2 Å². The zero-order chi connectivity index (χ0) is 13.8. The number of carbonyl (C=O) groups excluding carboxylic acids is 2. The standard InChI is InChI=1S/C13H11NO5/c1-2-18-12(16)10-8-14(19-13(10)17)11(15)9-6-4-3-5-7-9/h3-8H,2H2,1H3. The molecule has 0 fully saturated rings. The summed E-state index contributed by atoms with van der Waals surface area (Å²) in [6, 6.07) is 8.27. The smallest absolute Gasteiger partial charge is 0.372 e. The van der Waals surface area contributed by atoms with Gasteiger partial charge in [-0.3, -0.25) is 4.79 Å². The lowest BCUT2D eigenvalue weighted by molar-refractivity contribution is 0.0523. The van der Waals surface area contributed by atoms with Gasteiger partial charge in [0.15, 0.2) is 5.56 Å². The Labute approximate surface area is 108 Å². The van der Waals surface area contributed by atoms with E-state index < -0.39 is 17.5 Å². The van der Waals surface area contributed by atoms with E-state index in [1.54, 1.807) is 37.3 Å². The molecule has 0 spiro atoms. The minimum absolute atomic E-state index is 0.135. The zero-order valence-electron chi connectivity index (χ0n) is 10.2. The normalized spacial score (nSPS) is 10.2. The first-order chi connectivity index (χ1) is 9.13. The van der Waals surface area contributed by atoms with Crippen molar-refractivity contribution in [3.63, 3.8) is 0 Å². The minimum Gasteiger partial charge on any atom is -0.462 e. The Morgan fingerprint density at radius 1 is 1.26 bits per heavy atom. The van der Waals surface area contributed by atoms with E-state index in [0.717, 1.165) is 10.9 Å². The molecular weight excluding hydrogens is 250 g/mol. The summed E-state index contributed by atoms with van der Waals surface area (Å²) in [5.41, 5.74) is -0.856. The van der Waals surface area contributed by atoms with Crippen LogP contribution in [0.1, 0.15) is 27.6 Å². The van der Waals surface area contributed by atoms with E-state index in [-0.39, 0.29) is 12.2 Å². The molecule has 0 bridgehead atoms.